The van der Waals surface area contributed by atoms with E-state index in [0.717, 1.165) is 18.4 Å². The Morgan fingerprint density at radius 1 is 1.07 bits per heavy atom. The van der Waals surface area contributed by atoms with Crippen LogP contribution in [0.2, 0.25) is 5.02 Å². The molecule has 0 saturated heterocycles. The second-order valence-electron chi connectivity index (χ2n) is 7.55. The molecule has 158 valence electrons. The van der Waals surface area contributed by atoms with Crippen molar-refractivity contribution in [2.24, 2.45) is 5.92 Å². The summed E-state index contributed by atoms with van der Waals surface area (Å²) < 4.78 is 0. The number of carbonyl (C=O) groups is 3. The number of nitrogens with one attached hydrogen (secondary N) is 1. The Kier molecular flexibility index (Phi) is 7.46. The first-order chi connectivity index (χ1) is 14.4. The van der Waals surface area contributed by atoms with Gasteiger partial charge < -0.3 is 15.3 Å². The Hall–Kier alpha value is -2.86. The van der Waals surface area contributed by atoms with Gasteiger partial charge >= 0.3 is 5.97 Å². The summed E-state index contributed by atoms with van der Waals surface area (Å²) in [7, 11) is 0. The molecule has 2 N–H and O–H groups in total. The number of carboxylic acid groups (broad SMARTS) is 1. The van der Waals surface area contributed by atoms with E-state index in [-0.39, 0.29) is 31.2 Å². The van der Waals surface area contributed by atoms with Crippen molar-refractivity contribution in [3.8, 4) is 0 Å². The van der Waals surface area contributed by atoms with Gasteiger partial charge in [-0.05, 0) is 36.5 Å². The first kappa shape index (κ1) is 21.8. The van der Waals surface area contributed by atoms with Crippen molar-refractivity contribution < 1.29 is 19.5 Å². The zero-order chi connectivity index (χ0) is 21.5. The average molecular weight is 429 g/mol. The van der Waals surface area contributed by atoms with E-state index in [1.807, 2.05) is 30.3 Å². The topological polar surface area (TPSA) is 86.7 Å². The van der Waals surface area contributed by atoms with Gasteiger partial charge in [0.1, 0.15) is 0 Å². The summed E-state index contributed by atoms with van der Waals surface area (Å²) in [6.45, 7) is 0.733. The summed E-state index contributed by atoms with van der Waals surface area (Å²) in [6, 6.07) is 15.5. The van der Waals surface area contributed by atoms with Crippen molar-refractivity contribution in [2.75, 3.05) is 13.1 Å². The highest BCUT2D eigenvalue weighted by molar-refractivity contribution is 6.33. The van der Waals surface area contributed by atoms with Gasteiger partial charge in [-0.25, -0.2) is 0 Å². The SMILES string of the molecule is O=C(O)CCN(CC1CC1)C(=O)CC(NC(=O)c1ccccc1Cl)c1ccccc1. The Balaban J connectivity index is 1.76. The van der Waals surface area contributed by atoms with E-state index in [9.17, 15) is 14.4 Å². The van der Waals surface area contributed by atoms with Crippen LogP contribution in [0.1, 0.15) is 47.6 Å². The molecular formula is C23H25ClN2O4. The Labute approximate surface area is 180 Å². The summed E-state index contributed by atoms with van der Waals surface area (Å²) in [5.74, 6) is -1.02. The average Bonchev–Trinajstić information content (AvgIpc) is 3.55. The van der Waals surface area contributed by atoms with Crippen LogP contribution >= 0.6 is 11.6 Å². The van der Waals surface area contributed by atoms with E-state index in [4.69, 9.17) is 16.7 Å². The van der Waals surface area contributed by atoms with E-state index in [0.29, 0.717) is 23.0 Å². The molecule has 1 fully saturated rings. The number of aliphatic carboxylic acids is 1. The number of amides is 2. The number of hydrogen-bond donors (Lipinski definition) is 2. The van der Waals surface area contributed by atoms with E-state index in [1.54, 1.807) is 29.2 Å². The number of hydrogen-bond acceptors (Lipinski definition) is 3. The number of carboxylic acids is 1. The summed E-state index contributed by atoms with van der Waals surface area (Å²) in [6.07, 6.45) is 2.07. The Morgan fingerprint density at radius 3 is 2.37 bits per heavy atom. The predicted octanol–water partition coefficient (Wildman–Crippen LogP) is 3.91. The number of nitrogens with zero attached hydrogens (tertiary/aromatic N) is 1. The highest BCUT2D eigenvalue weighted by Gasteiger charge is 2.29. The largest absolute Gasteiger partial charge is 0.481 e. The molecule has 2 aromatic carbocycles. The molecule has 1 atom stereocenters. The van der Waals surface area contributed by atoms with Crippen LogP contribution in [0.25, 0.3) is 0 Å². The minimum Gasteiger partial charge on any atom is -0.481 e. The van der Waals surface area contributed by atoms with E-state index >= 15 is 0 Å². The quantitative estimate of drug-likeness (QED) is 0.600. The van der Waals surface area contributed by atoms with Crippen molar-refractivity contribution >= 4 is 29.4 Å². The maximum atomic E-state index is 13.0. The summed E-state index contributed by atoms with van der Waals surface area (Å²) >= 11 is 6.15. The van der Waals surface area contributed by atoms with Gasteiger partial charge in [0, 0.05) is 13.1 Å². The van der Waals surface area contributed by atoms with Crippen molar-refractivity contribution in [3.05, 3.63) is 70.7 Å². The van der Waals surface area contributed by atoms with Crippen molar-refractivity contribution in [1.82, 2.24) is 10.2 Å². The second-order valence-corrected chi connectivity index (χ2v) is 7.95. The zero-order valence-electron chi connectivity index (χ0n) is 16.6. The van der Waals surface area contributed by atoms with E-state index < -0.39 is 12.0 Å². The van der Waals surface area contributed by atoms with Gasteiger partial charge in [0.05, 0.1) is 29.5 Å². The number of rotatable bonds is 10. The van der Waals surface area contributed by atoms with Crippen LogP contribution in [0.4, 0.5) is 0 Å². The summed E-state index contributed by atoms with van der Waals surface area (Å²) in [5.41, 5.74) is 1.14. The Morgan fingerprint density at radius 2 is 1.73 bits per heavy atom. The van der Waals surface area contributed by atoms with Gasteiger partial charge in [-0.3, -0.25) is 14.4 Å². The van der Waals surface area contributed by atoms with Gasteiger partial charge in [0.25, 0.3) is 5.91 Å². The normalized spacial score (nSPS) is 14.0. The first-order valence-corrected chi connectivity index (χ1v) is 10.4. The predicted molar refractivity (Wildman–Crippen MR) is 114 cm³/mol. The molecule has 0 radical (unpaired) electrons. The molecule has 2 amide bonds. The van der Waals surface area contributed by atoms with Crippen LogP contribution < -0.4 is 5.32 Å². The third kappa shape index (κ3) is 6.32. The summed E-state index contributed by atoms with van der Waals surface area (Å²) in [4.78, 5) is 38.5. The van der Waals surface area contributed by atoms with Gasteiger partial charge in [-0.15, -0.1) is 0 Å². The lowest BCUT2D eigenvalue weighted by atomic mass is 10.0. The molecule has 0 aliphatic heterocycles. The third-order valence-corrected chi connectivity index (χ3v) is 5.46. The molecule has 0 bridgehead atoms. The molecular weight excluding hydrogens is 404 g/mol. The van der Waals surface area contributed by atoms with Crippen molar-refractivity contribution in [1.29, 1.82) is 0 Å². The molecule has 0 heterocycles. The van der Waals surface area contributed by atoms with Gasteiger partial charge in [0.15, 0.2) is 0 Å². The fourth-order valence-electron chi connectivity index (χ4n) is 3.28. The standard InChI is InChI=1S/C23H25ClN2O4/c24-19-9-5-4-8-18(19)23(30)25-20(17-6-2-1-3-7-17)14-21(27)26(13-12-22(28)29)15-16-10-11-16/h1-9,16,20H,10-15H2,(H,25,30)(H,28,29). The van der Waals surface area contributed by atoms with Gasteiger partial charge in [-0.2, -0.15) is 0 Å². The molecule has 0 spiro atoms. The molecule has 1 saturated carbocycles. The maximum absolute atomic E-state index is 13.0. The maximum Gasteiger partial charge on any atom is 0.305 e. The monoisotopic (exact) mass is 428 g/mol. The number of halogens is 1. The van der Waals surface area contributed by atoms with Crippen molar-refractivity contribution in [2.45, 2.75) is 31.7 Å². The lowest BCUT2D eigenvalue weighted by molar-refractivity contribution is -0.138. The highest BCUT2D eigenvalue weighted by Crippen LogP contribution is 2.30. The molecule has 3 rings (SSSR count). The number of benzene rings is 2. The van der Waals surface area contributed by atoms with Gasteiger partial charge in [-0.1, -0.05) is 54.1 Å². The smallest absolute Gasteiger partial charge is 0.305 e. The molecule has 1 aliphatic rings. The van der Waals surface area contributed by atoms with Crippen LogP contribution in [0.15, 0.2) is 54.6 Å². The minimum atomic E-state index is -0.935. The molecule has 30 heavy (non-hydrogen) atoms. The van der Waals surface area contributed by atoms with E-state index in [2.05, 4.69) is 5.32 Å². The molecule has 7 heteroatoms. The highest BCUT2D eigenvalue weighted by atomic mass is 35.5. The van der Waals surface area contributed by atoms with Crippen LogP contribution in [-0.4, -0.2) is 40.9 Å². The molecule has 1 unspecified atom stereocenters. The van der Waals surface area contributed by atoms with Crippen molar-refractivity contribution in [3.63, 3.8) is 0 Å². The van der Waals surface area contributed by atoms with Crippen LogP contribution in [0.3, 0.4) is 0 Å². The van der Waals surface area contributed by atoms with E-state index in [1.165, 1.54) is 0 Å². The molecule has 0 aromatic heterocycles. The molecule has 1 aliphatic carbocycles. The van der Waals surface area contributed by atoms with Crippen LogP contribution in [0.5, 0.6) is 0 Å². The minimum absolute atomic E-state index is 0.0482. The summed E-state index contributed by atoms with van der Waals surface area (Å²) in [5, 5.41) is 12.3. The zero-order valence-corrected chi connectivity index (χ0v) is 17.3. The van der Waals surface area contributed by atoms with Crippen LogP contribution in [0, 0.1) is 5.92 Å². The fourth-order valence-corrected chi connectivity index (χ4v) is 3.50. The first-order valence-electron chi connectivity index (χ1n) is 10.0. The lowest BCUT2D eigenvalue weighted by Crippen LogP contribution is -2.38. The lowest BCUT2D eigenvalue weighted by Gasteiger charge is -2.26. The molecule has 2 aromatic rings. The Bertz CT molecular complexity index is 899. The third-order valence-electron chi connectivity index (χ3n) is 5.13. The fraction of sp³-hybridized carbons (Fsp3) is 0.348. The number of carbonyl (C=O) groups excluding carboxylic acids is 2. The van der Waals surface area contributed by atoms with Gasteiger partial charge in [0.2, 0.25) is 5.91 Å². The molecule has 6 nitrogen and oxygen atoms in total. The van der Waals surface area contributed by atoms with Crippen LogP contribution in [-0.2, 0) is 9.59 Å². The second kappa shape index (κ2) is 10.3.